The molecule has 1 aromatic rings. The summed E-state index contributed by atoms with van der Waals surface area (Å²) in [5, 5.41) is 19.3. The molecule has 0 aliphatic rings. The highest BCUT2D eigenvalue weighted by atomic mass is 19.1. The third-order valence-corrected chi connectivity index (χ3v) is 1.86. The molecule has 0 aliphatic carbocycles. The van der Waals surface area contributed by atoms with Gasteiger partial charge in [0.25, 0.3) is 0 Å². The molecule has 0 bridgehead atoms. The minimum Gasteiger partial charge on any atom is -0.393 e. The van der Waals surface area contributed by atoms with Crippen molar-refractivity contribution in [1.29, 1.82) is 0 Å². The van der Waals surface area contributed by atoms with Crippen LogP contribution in [-0.2, 0) is 6.42 Å². The molecule has 6 heteroatoms. The maximum absolute atomic E-state index is 13.4. The van der Waals surface area contributed by atoms with Crippen molar-refractivity contribution in [3.8, 4) is 0 Å². The monoisotopic (exact) mass is 217 g/mol. The Kier molecular flexibility index (Phi) is 3.31. The first-order chi connectivity index (χ1) is 6.93. The number of hydrogen-bond acceptors (Lipinski definition) is 3. The quantitative estimate of drug-likeness (QED) is 0.620. The Morgan fingerprint density at radius 1 is 1.53 bits per heavy atom. The number of hydrogen-bond donors (Lipinski definition) is 1. The second kappa shape index (κ2) is 4.31. The van der Waals surface area contributed by atoms with Crippen LogP contribution >= 0.6 is 0 Å². The molecule has 0 amide bonds. The second-order valence-electron chi connectivity index (χ2n) is 3.17. The Balaban J connectivity index is 3.24. The smallest absolute Gasteiger partial charge is 0.305 e. The van der Waals surface area contributed by atoms with Crippen molar-refractivity contribution in [3.05, 3.63) is 39.4 Å². The average molecular weight is 217 g/mol. The van der Waals surface area contributed by atoms with Crippen molar-refractivity contribution in [1.82, 2.24) is 0 Å². The lowest BCUT2D eigenvalue weighted by Crippen LogP contribution is -2.09. The molecule has 15 heavy (non-hydrogen) atoms. The highest BCUT2D eigenvalue weighted by Gasteiger charge is 2.21. The van der Waals surface area contributed by atoms with E-state index in [2.05, 4.69) is 0 Å². The van der Waals surface area contributed by atoms with E-state index in [4.69, 9.17) is 5.11 Å². The van der Waals surface area contributed by atoms with Crippen molar-refractivity contribution < 1.29 is 18.8 Å². The van der Waals surface area contributed by atoms with Crippen molar-refractivity contribution in [2.45, 2.75) is 19.4 Å². The summed E-state index contributed by atoms with van der Waals surface area (Å²) in [5.41, 5.74) is -1.24. The molecule has 0 aromatic heterocycles. The fourth-order valence-electron chi connectivity index (χ4n) is 1.21. The van der Waals surface area contributed by atoms with Crippen molar-refractivity contribution in [3.63, 3.8) is 0 Å². The van der Waals surface area contributed by atoms with Crippen molar-refractivity contribution in [2.75, 3.05) is 0 Å². The van der Waals surface area contributed by atoms with Gasteiger partial charge in [0.05, 0.1) is 11.0 Å². The number of nitro groups is 1. The highest BCUT2D eigenvalue weighted by Crippen LogP contribution is 2.23. The van der Waals surface area contributed by atoms with E-state index in [-0.39, 0.29) is 6.42 Å². The van der Waals surface area contributed by atoms with E-state index in [0.29, 0.717) is 0 Å². The zero-order valence-electron chi connectivity index (χ0n) is 7.91. The van der Waals surface area contributed by atoms with E-state index in [1.54, 1.807) is 0 Å². The molecule has 0 radical (unpaired) electrons. The first kappa shape index (κ1) is 11.5. The van der Waals surface area contributed by atoms with Gasteiger partial charge in [0.2, 0.25) is 5.82 Å². The molecule has 4 nitrogen and oxygen atoms in total. The first-order valence-electron chi connectivity index (χ1n) is 4.22. The number of rotatable bonds is 3. The first-order valence-corrected chi connectivity index (χ1v) is 4.22. The Morgan fingerprint density at radius 2 is 2.13 bits per heavy atom. The number of nitro benzene ring substituents is 1. The van der Waals surface area contributed by atoms with Crippen LogP contribution in [0.3, 0.4) is 0 Å². The van der Waals surface area contributed by atoms with Crippen LogP contribution in [0.5, 0.6) is 0 Å². The standard InChI is InChI=1S/C9H9F2NO3/c1-5(13)4-6-7(10)2-3-8(9(6)11)12(14)15/h2-3,5,13H,4H2,1H3/t5-/m1/s1. The van der Waals surface area contributed by atoms with E-state index in [0.717, 1.165) is 12.1 Å². The lowest BCUT2D eigenvalue weighted by atomic mass is 10.1. The van der Waals surface area contributed by atoms with Gasteiger partial charge in [-0.2, -0.15) is 4.39 Å². The number of halogens is 2. The van der Waals surface area contributed by atoms with E-state index in [1.807, 2.05) is 0 Å². The summed E-state index contributed by atoms with van der Waals surface area (Å²) >= 11 is 0. The summed E-state index contributed by atoms with van der Waals surface area (Å²) in [6.45, 7) is 1.34. The molecule has 0 heterocycles. The summed E-state index contributed by atoms with van der Waals surface area (Å²) in [4.78, 5) is 9.42. The predicted molar refractivity (Wildman–Crippen MR) is 48.4 cm³/mol. The molecule has 82 valence electrons. The molecule has 0 spiro atoms. The van der Waals surface area contributed by atoms with Gasteiger partial charge in [-0.05, 0) is 13.0 Å². The summed E-state index contributed by atoms with van der Waals surface area (Å²) in [7, 11) is 0. The lowest BCUT2D eigenvalue weighted by molar-refractivity contribution is -0.387. The third kappa shape index (κ3) is 2.47. The largest absolute Gasteiger partial charge is 0.393 e. The molecular weight excluding hydrogens is 208 g/mol. The molecule has 0 unspecified atom stereocenters. The maximum Gasteiger partial charge on any atom is 0.305 e. The van der Waals surface area contributed by atoms with Gasteiger partial charge in [0.15, 0.2) is 0 Å². The van der Waals surface area contributed by atoms with Crippen LogP contribution in [0, 0.1) is 21.7 Å². The molecule has 1 aromatic carbocycles. The van der Waals surface area contributed by atoms with E-state index < -0.39 is 33.9 Å². The van der Waals surface area contributed by atoms with Crippen LogP contribution < -0.4 is 0 Å². The molecule has 1 rings (SSSR count). The van der Waals surface area contributed by atoms with Crippen LogP contribution in [0.1, 0.15) is 12.5 Å². The highest BCUT2D eigenvalue weighted by molar-refractivity contribution is 5.38. The van der Waals surface area contributed by atoms with Crippen LogP contribution in [0.25, 0.3) is 0 Å². The Hall–Kier alpha value is -1.56. The zero-order valence-corrected chi connectivity index (χ0v) is 7.91. The van der Waals surface area contributed by atoms with Crippen LogP contribution in [0.15, 0.2) is 12.1 Å². The van der Waals surface area contributed by atoms with Gasteiger partial charge in [-0.1, -0.05) is 0 Å². The van der Waals surface area contributed by atoms with Gasteiger partial charge >= 0.3 is 5.69 Å². The minimum atomic E-state index is -1.22. The Morgan fingerprint density at radius 3 is 2.60 bits per heavy atom. The maximum atomic E-state index is 13.4. The normalized spacial score (nSPS) is 12.5. The molecule has 0 aliphatic heterocycles. The number of benzene rings is 1. The van der Waals surface area contributed by atoms with Crippen LogP contribution in [0.4, 0.5) is 14.5 Å². The lowest BCUT2D eigenvalue weighted by Gasteiger charge is -2.06. The SMILES string of the molecule is C[C@@H](O)Cc1c(F)ccc([N+](=O)[O-])c1F. The summed E-state index contributed by atoms with van der Waals surface area (Å²) in [6, 6.07) is 1.58. The third-order valence-electron chi connectivity index (χ3n) is 1.86. The fourth-order valence-corrected chi connectivity index (χ4v) is 1.21. The number of nitrogens with zero attached hydrogens (tertiary/aromatic N) is 1. The second-order valence-corrected chi connectivity index (χ2v) is 3.17. The van der Waals surface area contributed by atoms with Crippen molar-refractivity contribution >= 4 is 5.69 Å². The van der Waals surface area contributed by atoms with Gasteiger partial charge in [0.1, 0.15) is 5.82 Å². The zero-order chi connectivity index (χ0) is 11.6. The Labute approximate surface area is 84.3 Å². The van der Waals surface area contributed by atoms with E-state index in [9.17, 15) is 18.9 Å². The van der Waals surface area contributed by atoms with Gasteiger partial charge in [-0.25, -0.2) is 4.39 Å². The average Bonchev–Trinajstić information content (AvgIpc) is 2.11. The van der Waals surface area contributed by atoms with Gasteiger partial charge in [-0.3, -0.25) is 10.1 Å². The molecule has 0 fully saturated rings. The van der Waals surface area contributed by atoms with Gasteiger partial charge in [0, 0.05) is 18.1 Å². The minimum absolute atomic E-state index is 0.292. The predicted octanol–water partition coefficient (Wildman–Crippen LogP) is 1.80. The van der Waals surface area contributed by atoms with Crippen LogP contribution in [0.2, 0.25) is 0 Å². The van der Waals surface area contributed by atoms with E-state index >= 15 is 0 Å². The number of aliphatic hydroxyl groups is 1. The summed E-state index contributed by atoms with van der Waals surface area (Å²) in [5.74, 6) is -2.11. The Bertz CT molecular complexity index is 393. The summed E-state index contributed by atoms with van der Waals surface area (Å²) in [6.07, 6.45) is -1.25. The number of aliphatic hydroxyl groups excluding tert-OH is 1. The molecule has 1 N–H and O–H groups in total. The summed E-state index contributed by atoms with van der Waals surface area (Å²) < 4.78 is 26.4. The van der Waals surface area contributed by atoms with Crippen LogP contribution in [-0.4, -0.2) is 16.1 Å². The van der Waals surface area contributed by atoms with E-state index in [1.165, 1.54) is 6.92 Å². The van der Waals surface area contributed by atoms with Crippen molar-refractivity contribution in [2.24, 2.45) is 0 Å². The molecule has 0 saturated heterocycles. The van der Waals surface area contributed by atoms with Gasteiger partial charge in [-0.15, -0.1) is 0 Å². The topological polar surface area (TPSA) is 63.4 Å². The molecule has 0 saturated carbocycles. The molecule has 1 atom stereocenters. The fraction of sp³-hybridized carbons (Fsp3) is 0.333. The van der Waals surface area contributed by atoms with Gasteiger partial charge < -0.3 is 5.11 Å². The molecular formula is C9H9F2NO3.